The first-order chi connectivity index (χ1) is 17.6. The van der Waals surface area contributed by atoms with Gasteiger partial charge in [0.15, 0.2) is 0 Å². The van der Waals surface area contributed by atoms with E-state index in [2.05, 4.69) is 10.0 Å². The number of nitrogens with one attached hydrogen (secondary N) is 2. The lowest BCUT2D eigenvalue weighted by Gasteiger charge is -2.28. The number of carboxylic acid groups (broad SMARTS) is 1. The fourth-order valence-electron chi connectivity index (χ4n) is 4.31. The third-order valence-electron chi connectivity index (χ3n) is 6.15. The predicted octanol–water partition coefficient (Wildman–Crippen LogP) is 1.76. The third kappa shape index (κ3) is 8.26. The van der Waals surface area contributed by atoms with E-state index in [1.165, 1.54) is 4.90 Å². The maximum absolute atomic E-state index is 13.4. The van der Waals surface area contributed by atoms with Gasteiger partial charge < -0.3 is 21.1 Å². The summed E-state index contributed by atoms with van der Waals surface area (Å²) in [7, 11) is -3.97. The molecule has 37 heavy (non-hydrogen) atoms. The molecule has 0 radical (unpaired) electrons. The van der Waals surface area contributed by atoms with Crippen LogP contribution in [0.25, 0.3) is 0 Å². The van der Waals surface area contributed by atoms with Gasteiger partial charge in [-0.1, -0.05) is 48.0 Å². The summed E-state index contributed by atoms with van der Waals surface area (Å²) in [6.07, 6.45) is 0.303. The van der Waals surface area contributed by atoms with E-state index >= 15 is 0 Å². The van der Waals surface area contributed by atoms with Crippen LogP contribution < -0.4 is 15.8 Å². The number of carbonyl (C=O) groups is 3. The lowest BCUT2D eigenvalue weighted by Crippen LogP contribution is -2.53. The largest absolute Gasteiger partial charge is 0.481 e. The van der Waals surface area contributed by atoms with Gasteiger partial charge in [-0.3, -0.25) is 14.4 Å². The Morgan fingerprint density at radius 3 is 2.54 bits per heavy atom. The molecule has 1 saturated heterocycles. The quantitative estimate of drug-likeness (QED) is 0.313. The lowest BCUT2D eigenvalue weighted by atomic mass is 10.1. The van der Waals surface area contributed by atoms with Crippen molar-refractivity contribution in [2.24, 2.45) is 5.73 Å². The standard InChI is InChI=1S/C25H31ClN4O6S/c26-20-9-8-18(14-27)19(13-20)15-28-24(33)22-7-4-12-30(22)25(34)21(10-11-23(31)32)29-37(35,36)16-17-5-2-1-3-6-17/h1-3,5-6,8-9,13,21-22,29H,4,7,10-12,14-16,27H2,(H,28,33)(H,31,32). The summed E-state index contributed by atoms with van der Waals surface area (Å²) in [6, 6.07) is 11.5. The van der Waals surface area contributed by atoms with Crippen molar-refractivity contribution in [1.29, 1.82) is 0 Å². The Morgan fingerprint density at radius 1 is 1.14 bits per heavy atom. The van der Waals surface area contributed by atoms with Gasteiger partial charge in [0, 0.05) is 31.1 Å². The zero-order chi connectivity index (χ0) is 27.0. The number of hydrogen-bond donors (Lipinski definition) is 4. The van der Waals surface area contributed by atoms with Crippen LogP contribution in [0.15, 0.2) is 48.5 Å². The van der Waals surface area contributed by atoms with Gasteiger partial charge in [0.05, 0.1) is 5.75 Å². The van der Waals surface area contributed by atoms with E-state index in [4.69, 9.17) is 22.4 Å². The van der Waals surface area contributed by atoms with Crippen molar-refractivity contribution in [3.63, 3.8) is 0 Å². The van der Waals surface area contributed by atoms with Gasteiger partial charge in [-0.25, -0.2) is 13.1 Å². The van der Waals surface area contributed by atoms with E-state index in [1.54, 1.807) is 48.5 Å². The Bertz CT molecular complexity index is 1220. The van der Waals surface area contributed by atoms with E-state index in [1.807, 2.05) is 0 Å². The molecule has 12 heteroatoms. The van der Waals surface area contributed by atoms with Crippen LogP contribution in [0.3, 0.4) is 0 Å². The van der Waals surface area contributed by atoms with Crippen LogP contribution in [0.2, 0.25) is 5.02 Å². The lowest BCUT2D eigenvalue weighted by molar-refractivity contribution is -0.141. The fraction of sp³-hybridized carbons (Fsp3) is 0.400. The summed E-state index contributed by atoms with van der Waals surface area (Å²) < 4.78 is 28.0. The number of hydrogen-bond acceptors (Lipinski definition) is 6. The molecule has 5 N–H and O–H groups in total. The number of benzene rings is 2. The number of halogens is 1. The van der Waals surface area contributed by atoms with Gasteiger partial charge in [-0.15, -0.1) is 0 Å². The number of likely N-dealkylation sites (tertiary alicyclic amines) is 1. The molecule has 10 nitrogen and oxygen atoms in total. The molecule has 2 unspecified atom stereocenters. The van der Waals surface area contributed by atoms with Gasteiger partial charge in [0.2, 0.25) is 21.8 Å². The zero-order valence-electron chi connectivity index (χ0n) is 20.2. The van der Waals surface area contributed by atoms with Crippen molar-refractivity contribution in [3.8, 4) is 0 Å². The SMILES string of the molecule is NCc1ccc(Cl)cc1CNC(=O)C1CCCN1C(=O)C(CCC(=O)O)NS(=O)(=O)Cc1ccccc1. The minimum atomic E-state index is -3.97. The molecular weight excluding hydrogens is 520 g/mol. The highest BCUT2D eigenvalue weighted by molar-refractivity contribution is 7.88. The van der Waals surface area contributed by atoms with Crippen molar-refractivity contribution >= 4 is 39.4 Å². The minimum absolute atomic E-state index is 0.163. The zero-order valence-corrected chi connectivity index (χ0v) is 21.8. The van der Waals surface area contributed by atoms with Crippen molar-refractivity contribution in [1.82, 2.24) is 14.9 Å². The van der Waals surface area contributed by atoms with Crippen LogP contribution in [0.5, 0.6) is 0 Å². The average Bonchev–Trinajstić information content (AvgIpc) is 3.35. The molecule has 2 aromatic rings. The van der Waals surface area contributed by atoms with E-state index < -0.39 is 46.3 Å². The molecule has 1 fully saturated rings. The Balaban J connectivity index is 1.72. The number of carbonyl (C=O) groups excluding carboxylic acids is 2. The van der Waals surface area contributed by atoms with Gasteiger partial charge in [0.25, 0.3) is 0 Å². The summed E-state index contributed by atoms with van der Waals surface area (Å²) in [5.74, 6) is -2.54. The maximum atomic E-state index is 13.4. The molecule has 1 aliphatic rings. The monoisotopic (exact) mass is 550 g/mol. The molecule has 3 rings (SSSR count). The normalized spacial score (nSPS) is 16.4. The third-order valence-corrected chi connectivity index (χ3v) is 7.74. The molecule has 1 aliphatic heterocycles. The number of nitrogens with zero attached hydrogens (tertiary/aromatic N) is 1. The summed E-state index contributed by atoms with van der Waals surface area (Å²) in [6.45, 7) is 0.688. The summed E-state index contributed by atoms with van der Waals surface area (Å²) >= 11 is 6.07. The summed E-state index contributed by atoms with van der Waals surface area (Å²) in [4.78, 5) is 39.0. The highest BCUT2D eigenvalue weighted by Gasteiger charge is 2.38. The maximum Gasteiger partial charge on any atom is 0.303 e. The molecule has 1 heterocycles. The fourth-order valence-corrected chi connectivity index (χ4v) is 5.88. The second-order valence-electron chi connectivity index (χ2n) is 8.87. The van der Waals surface area contributed by atoms with Gasteiger partial charge in [-0.05, 0) is 48.1 Å². The topological polar surface area (TPSA) is 159 Å². The highest BCUT2D eigenvalue weighted by atomic mass is 35.5. The van der Waals surface area contributed by atoms with Crippen molar-refractivity contribution in [2.45, 2.75) is 56.6 Å². The van der Waals surface area contributed by atoms with E-state index in [-0.39, 0.29) is 31.8 Å². The average molecular weight is 551 g/mol. The Hall–Kier alpha value is -2.99. The molecule has 0 saturated carbocycles. The van der Waals surface area contributed by atoms with Gasteiger partial charge in [-0.2, -0.15) is 0 Å². The summed E-state index contributed by atoms with van der Waals surface area (Å²) in [5, 5.41) is 12.5. The van der Waals surface area contributed by atoms with Crippen LogP contribution in [-0.4, -0.2) is 54.8 Å². The van der Waals surface area contributed by atoms with E-state index in [9.17, 15) is 22.8 Å². The highest BCUT2D eigenvalue weighted by Crippen LogP contribution is 2.21. The molecule has 2 aromatic carbocycles. The Labute approximate surface area is 221 Å². The van der Waals surface area contributed by atoms with Crippen LogP contribution in [0.1, 0.15) is 42.4 Å². The van der Waals surface area contributed by atoms with E-state index in [0.29, 0.717) is 23.4 Å². The number of nitrogens with two attached hydrogens (primary N) is 1. The second-order valence-corrected chi connectivity index (χ2v) is 11.1. The van der Waals surface area contributed by atoms with Crippen LogP contribution in [0, 0.1) is 0 Å². The van der Waals surface area contributed by atoms with Crippen molar-refractivity contribution in [3.05, 3.63) is 70.2 Å². The number of rotatable bonds is 12. The van der Waals surface area contributed by atoms with Crippen molar-refractivity contribution in [2.75, 3.05) is 6.54 Å². The first-order valence-electron chi connectivity index (χ1n) is 11.9. The number of sulfonamides is 1. The number of carboxylic acids is 1. The molecule has 0 aliphatic carbocycles. The van der Waals surface area contributed by atoms with Crippen molar-refractivity contribution < 1.29 is 27.9 Å². The molecule has 200 valence electrons. The first-order valence-corrected chi connectivity index (χ1v) is 13.9. The smallest absolute Gasteiger partial charge is 0.303 e. The van der Waals surface area contributed by atoms with Crippen LogP contribution >= 0.6 is 11.6 Å². The first kappa shape index (κ1) is 28.6. The molecule has 0 bridgehead atoms. The molecule has 2 atom stereocenters. The molecular formula is C25H31ClN4O6S. The molecule has 0 spiro atoms. The predicted molar refractivity (Wildman–Crippen MR) is 139 cm³/mol. The Morgan fingerprint density at radius 2 is 1.86 bits per heavy atom. The molecule has 2 amide bonds. The Kier molecular flexibility index (Phi) is 10.0. The van der Waals surface area contributed by atoms with Crippen LogP contribution in [-0.2, 0) is 43.2 Å². The molecule has 0 aromatic heterocycles. The number of amides is 2. The van der Waals surface area contributed by atoms with Gasteiger partial charge in [0.1, 0.15) is 12.1 Å². The van der Waals surface area contributed by atoms with Gasteiger partial charge >= 0.3 is 5.97 Å². The minimum Gasteiger partial charge on any atom is -0.481 e. The summed E-state index contributed by atoms with van der Waals surface area (Å²) in [5.41, 5.74) is 7.87. The van der Waals surface area contributed by atoms with Crippen LogP contribution in [0.4, 0.5) is 0 Å². The van der Waals surface area contributed by atoms with E-state index in [0.717, 1.165) is 11.1 Å². The number of aliphatic carboxylic acids is 1. The second kappa shape index (κ2) is 13.0.